The predicted octanol–water partition coefficient (Wildman–Crippen LogP) is 2.50. The molecule has 1 saturated carbocycles. The Kier molecular flexibility index (Phi) is 3.53. The largest absolute Gasteiger partial charge is 0.497 e. The number of aromatic nitrogens is 2. The van der Waals surface area contributed by atoms with E-state index < -0.39 is 0 Å². The van der Waals surface area contributed by atoms with Crippen LogP contribution in [-0.2, 0) is 6.54 Å². The Labute approximate surface area is 125 Å². The van der Waals surface area contributed by atoms with Gasteiger partial charge in [-0.1, -0.05) is 12.8 Å². The van der Waals surface area contributed by atoms with Gasteiger partial charge in [-0.25, -0.2) is 4.98 Å². The number of likely N-dealkylation sites (N-methyl/N-ethyl adjacent to an activating group) is 1. The Morgan fingerprint density at radius 1 is 1.33 bits per heavy atom. The number of imidazole rings is 1. The average molecular weight is 288 g/mol. The van der Waals surface area contributed by atoms with E-state index in [1.165, 1.54) is 25.7 Å². The fourth-order valence-electron chi connectivity index (χ4n) is 3.50. The predicted molar refractivity (Wildman–Crippen MR) is 85.6 cm³/mol. The van der Waals surface area contributed by atoms with Crippen LogP contribution >= 0.6 is 0 Å². The van der Waals surface area contributed by atoms with Gasteiger partial charge in [-0.2, -0.15) is 0 Å². The van der Waals surface area contributed by atoms with Crippen molar-refractivity contribution in [3.05, 3.63) is 18.2 Å². The van der Waals surface area contributed by atoms with Gasteiger partial charge in [0, 0.05) is 18.2 Å². The summed E-state index contributed by atoms with van der Waals surface area (Å²) in [6, 6.07) is 5.96. The molecule has 5 heteroatoms. The summed E-state index contributed by atoms with van der Waals surface area (Å²) in [7, 11) is 6.01. The van der Waals surface area contributed by atoms with Gasteiger partial charge in [-0.15, -0.1) is 0 Å². The first-order valence-electron chi connectivity index (χ1n) is 7.53. The molecule has 0 spiro atoms. The Hall–Kier alpha value is -1.75. The van der Waals surface area contributed by atoms with Crippen LogP contribution < -0.4 is 10.5 Å². The van der Waals surface area contributed by atoms with Gasteiger partial charge < -0.3 is 19.9 Å². The van der Waals surface area contributed by atoms with E-state index in [0.717, 1.165) is 23.3 Å². The van der Waals surface area contributed by atoms with Crippen molar-refractivity contribution in [1.29, 1.82) is 0 Å². The second-order valence-corrected chi connectivity index (χ2v) is 6.24. The third-order valence-corrected chi connectivity index (χ3v) is 4.92. The molecule has 1 fully saturated rings. The lowest BCUT2D eigenvalue weighted by Gasteiger charge is -2.37. The SMILES string of the molecule is COc1ccc2c(c1)nc(N)n2CC1(N(C)C)CCCC1. The fourth-order valence-corrected chi connectivity index (χ4v) is 3.50. The smallest absolute Gasteiger partial charge is 0.201 e. The highest BCUT2D eigenvalue weighted by Crippen LogP contribution is 2.37. The Balaban J connectivity index is 2.02. The number of methoxy groups -OCH3 is 1. The van der Waals surface area contributed by atoms with Crippen LogP contribution in [0.5, 0.6) is 5.75 Å². The number of hydrogen-bond donors (Lipinski definition) is 1. The lowest BCUT2D eigenvalue weighted by Crippen LogP contribution is -2.45. The molecular weight excluding hydrogens is 264 g/mol. The van der Waals surface area contributed by atoms with Gasteiger partial charge in [0.05, 0.1) is 18.1 Å². The monoisotopic (exact) mass is 288 g/mol. The summed E-state index contributed by atoms with van der Waals surface area (Å²) in [5.41, 5.74) is 8.36. The standard InChI is InChI=1S/C16H24N4O/c1-19(2)16(8-4-5-9-16)11-20-14-7-6-12(21-3)10-13(14)18-15(20)17/h6-7,10H,4-5,8-9,11H2,1-3H3,(H2,17,18). The van der Waals surface area contributed by atoms with E-state index in [1.807, 2.05) is 12.1 Å². The van der Waals surface area contributed by atoms with E-state index in [9.17, 15) is 0 Å². The Morgan fingerprint density at radius 3 is 2.67 bits per heavy atom. The zero-order chi connectivity index (χ0) is 15.0. The number of nitrogens with zero attached hydrogens (tertiary/aromatic N) is 3. The maximum Gasteiger partial charge on any atom is 0.201 e. The minimum absolute atomic E-state index is 0.196. The van der Waals surface area contributed by atoms with Crippen molar-refractivity contribution in [2.75, 3.05) is 26.9 Å². The van der Waals surface area contributed by atoms with Crippen LogP contribution in [0.25, 0.3) is 11.0 Å². The molecule has 3 rings (SSSR count). The molecule has 1 heterocycles. The van der Waals surface area contributed by atoms with Crippen molar-refractivity contribution < 1.29 is 4.74 Å². The van der Waals surface area contributed by atoms with Crippen LogP contribution in [0.2, 0.25) is 0 Å². The van der Waals surface area contributed by atoms with Gasteiger partial charge in [-0.3, -0.25) is 0 Å². The summed E-state index contributed by atoms with van der Waals surface area (Å²) in [6.07, 6.45) is 5.02. The number of nitrogens with two attached hydrogens (primary N) is 1. The van der Waals surface area contributed by atoms with Crippen LogP contribution in [0.15, 0.2) is 18.2 Å². The van der Waals surface area contributed by atoms with Gasteiger partial charge in [0.1, 0.15) is 5.75 Å². The maximum atomic E-state index is 6.17. The summed E-state index contributed by atoms with van der Waals surface area (Å²) in [4.78, 5) is 6.85. The van der Waals surface area contributed by atoms with Crippen molar-refractivity contribution in [3.63, 3.8) is 0 Å². The Bertz CT molecular complexity index is 641. The summed E-state index contributed by atoms with van der Waals surface area (Å²) in [6.45, 7) is 0.897. The van der Waals surface area contributed by atoms with E-state index in [0.29, 0.717) is 5.95 Å². The lowest BCUT2D eigenvalue weighted by molar-refractivity contribution is 0.136. The quantitative estimate of drug-likeness (QED) is 0.939. The van der Waals surface area contributed by atoms with Gasteiger partial charge in [-0.05, 0) is 39.1 Å². The molecule has 0 bridgehead atoms. The third-order valence-electron chi connectivity index (χ3n) is 4.92. The number of hydrogen-bond acceptors (Lipinski definition) is 4. The number of nitrogen functional groups attached to an aromatic ring is 1. The van der Waals surface area contributed by atoms with Crippen LogP contribution in [0.1, 0.15) is 25.7 Å². The van der Waals surface area contributed by atoms with Crippen molar-refractivity contribution in [3.8, 4) is 5.75 Å². The highest BCUT2D eigenvalue weighted by atomic mass is 16.5. The molecule has 0 unspecified atom stereocenters. The third kappa shape index (κ3) is 2.35. The molecule has 1 aromatic carbocycles. The molecule has 0 atom stereocenters. The average Bonchev–Trinajstić information content (AvgIpc) is 3.05. The molecule has 1 aromatic heterocycles. The van der Waals surface area contributed by atoms with Crippen molar-refractivity contribution in [1.82, 2.24) is 14.5 Å². The van der Waals surface area contributed by atoms with Crippen LogP contribution in [0.4, 0.5) is 5.95 Å². The molecule has 0 aliphatic heterocycles. The van der Waals surface area contributed by atoms with Crippen LogP contribution in [0.3, 0.4) is 0 Å². The minimum Gasteiger partial charge on any atom is -0.497 e. The molecule has 5 nitrogen and oxygen atoms in total. The van der Waals surface area contributed by atoms with E-state index in [-0.39, 0.29) is 5.54 Å². The molecular formula is C16H24N4O. The van der Waals surface area contributed by atoms with Gasteiger partial charge in [0.2, 0.25) is 5.95 Å². The first kappa shape index (κ1) is 14.2. The summed E-state index contributed by atoms with van der Waals surface area (Å²) in [5.74, 6) is 1.40. The van der Waals surface area contributed by atoms with Gasteiger partial charge >= 0.3 is 0 Å². The van der Waals surface area contributed by atoms with Gasteiger partial charge in [0.15, 0.2) is 0 Å². The molecule has 21 heavy (non-hydrogen) atoms. The number of anilines is 1. The minimum atomic E-state index is 0.196. The second-order valence-electron chi connectivity index (χ2n) is 6.24. The summed E-state index contributed by atoms with van der Waals surface area (Å²) >= 11 is 0. The zero-order valence-electron chi connectivity index (χ0n) is 13.1. The number of benzene rings is 1. The lowest BCUT2D eigenvalue weighted by atomic mass is 9.96. The topological polar surface area (TPSA) is 56.3 Å². The van der Waals surface area contributed by atoms with Gasteiger partial charge in [0.25, 0.3) is 0 Å². The highest BCUT2D eigenvalue weighted by molar-refractivity contribution is 5.79. The van der Waals surface area contributed by atoms with E-state index in [1.54, 1.807) is 7.11 Å². The first-order valence-corrected chi connectivity index (χ1v) is 7.53. The van der Waals surface area contributed by atoms with Crippen LogP contribution in [0, 0.1) is 0 Å². The first-order chi connectivity index (χ1) is 10.1. The van der Waals surface area contributed by atoms with Crippen molar-refractivity contribution in [2.24, 2.45) is 0 Å². The molecule has 0 radical (unpaired) electrons. The number of fused-ring (bicyclic) bond motifs is 1. The number of rotatable bonds is 4. The summed E-state index contributed by atoms with van der Waals surface area (Å²) in [5, 5.41) is 0. The molecule has 1 aliphatic carbocycles. The molecule has 2 N–H and O–H groups in total. The van der Waals surface area contributed by atoms with Crippen LogP contribution in [-0.4, -0.2) is 41.2 Å². The Morgan fingerprint density at radius 2 is 2.05 bits per heavy atom. The maximum absolute atomic E-state index is 6.17. The van der Waals surface area contributed by atoms with Crippen molar-refractivity contribution in [2.45, 2.75) is 37.8 Å². The van der Waals surface area contributed by atoms with E-state index >= 15 is 0 Å². The molecule has 2 aromatic rings. The fraction of sp³-hybridized carbons (Fsp3) is 0.562. The highest BCUT2D eigenvalue weighted by Gasteiger charge is 2.37. The van der Waals surface area contributed by atoms with E-state index in [4.69, 9.17) is 10.5 Å². The zero-order valence-corrected chi connectivity index (χ0v) is 13.1. The number of ether oxygens (including phenoxy) is 1. The second kappa shape index (κ2) is 5.22. The normalized spacial score (nSPS) is 17.7. The van der Waals surface area contributed by atoms with Crippen molar-refractivity contribution >= 4 is 17.0 Å². The molecule has 114 valence electrons. The molecule has 0 amide bonds. The molecule has 1 aliphatic rings. The molecule has 0 saturated heterocycles. The van der Waals surface area contributed by atoms with E-state index in [2.05, 4.69) is 34.6 Å². The summed E-state index contributed by atoms with van der Waals surface area (Å²) < 4.78 is 7.42.